The zero-order chi connectivity index (χ0) is 32.7. The molecule has 2 atom stereocenters. The van der Waals surface area contributed by atoms with Crippen LogP contribution in [-0.4, -0.2) is 59.7 Å². The average molecular weight is 645 g/mol. The van der Waals surface area contributed by atoms with Crippen LogP contribution in [0.2, 0.25) is 5.02 Å². The highest BCUT2D eigenvalue weighted by molar-refractivity contribution is 6.35. The van der Waals surface area contributed by atoms with Gasteiger partial charge in [-0.15, -0.1) is 0 Å². The Labute approximate surface area is 265 Å². The fraction of sp³-hybridized carbons (Fsp3) is 0.333. The van der Waals surface area contributed by atoms with Gasteiger partial charge in [0, 0.05) is 60.2 Å². The topological polar surface area (TPSA) is 109 Å². The number of aliphatic hydroxyl groups is 2. The number of rotatable bonds is 13. The van der Waals surface area contributed by atoms with Gasteiger partial charge < -0.3 is 30.3 Å². The summed E-state index contributed by atoms with van der Waals surface area (Å²) in [5, 5.41) is 25.3. The highest BCUT2D eigenvalue weighted by atomic mass is 35.5. The first-order valence-electron chi connectivity index (χ1n) is 14.3. The Balaban J connectivity index is 1.77. The summed E-state index contributed by atoms with van der Waals surface area (Å²) in [7, 11) is 2.92. The maximum atomic E-state index is 14.8. The highest BCUT2D eigenvalue weighted by Gasteiger charge is 2.38. The molecule has 0 spiro atoms. The molecule has 0 radical (unpaired) electrons. The zero-order valence-electron chi connectivity index (χ0n) is 25.4. The number of alkyl halides is 3. The summed E-state index contributed by atoms with van der Waals surface area (Å²) in [4.78, 5) is 8.81. The molecule has 0 amide bonds. The van der Waals surface area contributed by atoms with Crippen LogP contribution in [0.3, 0.4) is 0 Å². The van der Waals surface area contributed by atoms with Crippen molar-refractivity contribution in [3.05, 3.63) is 82.5 Å². The molecule has 0 aliphatic heterocycles. The molecule has 8 nitrogen and oxygen atoms in total. The van der Waals surface area contributed by atoms with Gasteiger partial charge in [-0.2, -0.15) is 13.2 Å². The van der Waals surface area contributed by atoms with Crippen molar-refractivity contribution in [3.63, 3.8) is 0 Å². The van der Waals surface area contributed by atoms with Crippen LogP contribution in [0.5, 0.6) is 11.6 Å². The Morgan fingerprint density at radius 3 is 2.11 bits per heavy atom. The lowest BCUT2D eigenvalue weighted by Gasteiger charge is -2.20. The van der Waals surface area contributed by atoms with E-state index in [1.165, 1.54) is 50.7 Å². The summed E-state index contributed by atoms with van der Waals surface area (Å²) in [6, 6.07) is 14.2. The van der Waals surface area contributed by atoms with Crippen molar-refractivity contribution < 1.29 is 32.9 Å². The van der Waals surface area contributed by atoms with Gasteiger partial charge in [-0.1, -0.05) is 48.0 Å². The van der Waals surface area contributed by atoms with Gasteiger partial charge in [-0.3, -0.25) is 4.98 Å². The Hall–Kier alpha value is -3.74. The summed E-state index contributed by atoms with van der Waals surface area (Å²) in [6.45, 7) is 4.80. The van der Waals surface area contributed by atoms with E-state index < -0.39 is 23.9 Å². The van der Waals surface area contributed by atoms with Crippen molar-refractivity contribution in [2.45, 2.75) is 45.3 Å². The molecule has 0 unspecified atom stereocenters. The first-order valence-corrected chi connectivity index (χ1v) is 14.7. The minimum Gasteiger partial charge on any atom is -0.496 e. The van der Waals surface area contributed by atoms with Crippen molar-refractivity contribution >= 4 is 11.6 Å². The summed E-state index contributed by atoms with van der Waals surface area (Å²) < 4.78 is 55.5. The van der Waals surface area contributed by atoms with E-state index in [-0.39, 0.29) is 33.3 Å². The van der Waals surface area contributed by atoms with E-state index in [4.69, 9.17) is 21.1 Å². The molecule has 0 fully saturated rings. The molecular weight excluding hydrogens is 609 g/mol. The van der Waals surface area contributed by atoms with E-state index in [1.54, 1.807) is 32.0 Å². The van der Waals surface area contributed by atoms with E-state index in [2.05, 4.69) is 20.6 Å². The smallest absolute Gasteiger partial charge is 0.417 e. The number of nitrogens with one attached hydrogen (secondary N) is 2. The maximum Gasteiger partial charge on any atom is 0.417 e. The van der Waals surface area contributed by atoms with Crippen LogP contribution >= 0.6 is 11.6 Å². The number of ether oxygens (including phenoxy) is 2. The summed E-state index contributed by atoms with van der Waals surface area (Å²) >= 11 is 6.82. The minimum absolute atomic E-state index is 0.0484. The number of nitrogens with zero attached hydrogens (tertiary/aromatic N) is 2. The lowest BCUT2D eigenvalue weighted by Crippen LogP contribution is -2.24. The van der Waals surface area contributed by atoms with Crippen LogP contribution in [0, 0.1) is 0 Å². The molecule has 0 aliphatic rings. The summed E-state index contributed by atoms with van der Waals surface area (Å²) in [5.41, 5.74) is 1.41. The lowest BCUT2D eigenvalue weighted by atomic mass is 9.92. The molecule has 4 rings (SSSR count). The SMILES string of the molecule is COc1cc(-c2nccc(-c3cccc(-c4ccc(CNC[C@@H](C)O)c(OC)n4)c3C(F)(F)F)c2Cl)ccc1CNC[C@H](C)O. The van der Waals surface area contributed by atoms with Crippen molar-refractivity contribution in [3.8, 4) is 45.3 Å². The third-order valence-electron chi connectivity index (χ3n) is 7.01. The van der Waals surface area contributed by atoms with Gasteiger partial charge >= 0.3 is 6.18 Å². The van der Waals surface area contributed by atoms with Crippen molar-refractivity contribution in [2.24, 2.45) is 0 Å². The fourth-order valence-electron chi connectivity index (χ4n) is 4.95. The molecule has 4 N–H and O–H groups in total. The molecule has 0 saturated carbocycles. The lowest BCUT2D eigenvalue weighted by molar-refractivity contribution is -0.136. The number of hydrogen-bond donors (Lipinski definition) is 4. The Morgan fingerprint density at radius 2 is 1.49 bits per heavy atom. The summed E-state index contributed by atoms with van der Waals surface area (Å²) in [6.07, 6.45) is -4.41. The monoisotopic (exact) mass is 644 g/mol. The van der Waals surface area contributed by atoms with Gasteiger partial charge in [-0.05, 0) is 37.6 Å². The van der Waals surface area contributed by atoms with Crippen molar-refractivity contribution in [2.75, 3.05) is 27.3 Å². The van der Waals surface area contributed by atoms with Gasteiger partial charge in [0.25, 0.3) is 0 Å². The quantitative estimate of drug-likeness (QED) is 0.138. The van der Waals surface area contributed by atoms with Crippen LogP contribution in [0.15, 0.2) is 60.8 Å². The highest BCUT2D eigenvalue weighted by Crippen LogP contribution is 2.46. The second-order valence-electron chi connectivity index (χ2n) is 10.6. The number of aromatic nitrogens is 2. The van der Waals surface area contributed by atoms with Gasteiger partial charge in [0.05, 0.1) is 48.4 Å². The predicted molar refractivity (Wildman–Crippen MR) is 168 cm³/mol. The normalized spacial score (nSPS) is 13.0. The molecule has 2 aromatic carbocycles. The van der Waals surface area contributed by atoms with E-state index in [9.17, 15) is 23.4 Å². The van der Waals surface area contributed by atoms with E-state index >= 15 is 0 Å². The van der Waals surface area contributed by atoms with E-state index in [0.717, 1.165) is 5.56 Å². The molecule has 2 heterocycles. The minimum atomic E-state index is -4.75. The van der Waals surface area contributed by atoms with Gasteiger partial charge in [-0.25, -0.2) is 4.98 Å². The van der Waals surface area contributed by atoms with Gasteiger partial charge in [0.1, 0.15) is 5.75 Å². The Bertz CT molecular complexity index is 1620. The van der Waals surface area contributed by atoms with Crippen LogP contribution in [0.4, 0.5) is 13.2 Å². The first kappa shape index (κ1) is 34.1. The zero-order valence-corrected chi connectivity index (χ0v) is 26.1. The first-order chi connectivity index (χ1) is 21.4. The van der Waals surface area contributed by atoms with Crippen molar-refractivity contribution in [1.29, 1.82) is 0 Å². The van der Waals surface area contributed by atoms with Crippen molar-refractivity contribution in [1.82, 2.24) is 20.6 Å². The molecule has 2 aromatic heterocycles. The number of pyridine rings is 2. The fourth-order valence-corrected chi connectivity index (χ4v) is 5.27. The average Bonchev–Trinajstić information content (AvgIpc) is 3.00. The molecule has 240 valence electrons. The van der Waals surface area contributed by atoms with Crippen LogP contribution in [-0.2, 0) is 19.3 Å². The molecule has 4 aromatic rings. The second-order valence-corrected chi connectivity index (χ2v) is 11.0. The summed E-state index contributed by atoms with van der Waals surface area (Å²) in [5.74, 6) is 0.711. The van der Waals surface area contributed by atoms with E-state index in [1.807, 2.05) is 6.07 Å². The van der Waals surface area contributed by atoms with Gasteiger partial charge in [0.15, 0.2) is 0 Å². The molecule has 12 heteroatoms. The Kier molecular flexibility index (Phi) is 11.4. The molecule has 0 saturated heterocycles. The number of hydrogen-bond acceptors (Lipinski definition) is 8. The number of methoxy groups -OCH3 is 2. The molecule has 45 heavy (non-hydrogen) atoms. The molecule has 0 aliphatic carbocycles. The second kappa shape index (κ2) is 15.0. The largest absolute Gasteiger partial charge is 0.496 e. The van der Waals surface area contributed by atoms with E-state index in [0.29, 0.717) is 48.7 Å². The number of benzene rings is 2. The molecule has 0 bridgehead atoms. The van der Waals surface area contributed by atoms with Crippen LogP contribution in [0.1, 0.15) is 30.5 Å². The molecular formula is C33H36ClF3N4O4. The maximum absolute atomic E-state index is 14.8. The standard InChI is InChI=1S/C33H36ClF3N4O4/c1-19(42)15-38-17-22-9-8-21(14-28(22)44-3)31-30(34)25(12-13-40-31)24-6-5-7-26(29(24)33(35,36)37)27-11-10-23(32(41-27)45-4)18-39-16-20(2)43/h5-14,19-20,38-39,42-43H,15-18H2,1-4H3/t19-,20+/m0/s1. The van der Waals surface area contributed by atoms with Crippen LogP contribution in [0.25, 0.3) is 33.6 Å². The number of halogens is 4. The van der Waals surface area contributed by atoms with Crippen LogP contribution < -0.4 is 20.1 Å². The predicted octanol–water partition coefficient (Wildman–Crippen LogP) is 6.11. The third kappa shape index (κ3) is 8.30. The Morgan fingerprint density at radius 1 is 0.844 bits per heavy atom. The third-order valence-corrected chi connectivity index (χ3v) is 7.39. The van der Waals surface area contributed by atoms with Gasteiger partial charge in [0.2, 0.25) is 5.88 Å². The number of aliphatic hydroxyl groups excluding tert-OH is 2.